The molecule has 0 heterocycles. The summed E-state index contributed by atoms with van der Waals surface area (Å²) < 4.78 is 125. The first-order valence-corrected chi connectivity index (χ1v) is 56.3. The maximum atomic E-state index is 17.1. The molecule has 0 aromatic heterocycles. The summed E-state index contributed by atoms with van der Waals surface area (Å²) in [4.78, 5) is 0. The van der Waals surface area contributed by atoms with Crippen LogP contribution in [0.15, 0.2) is 364 Å². The van der Waals surface area contributed by atoms with E-state index in [0.29, 0.717) is 81.8 Å². The lowest BCUT2D eigenvalue weighted by Crippen LogP contribution is -2.23. The summed E-state index contributed by atoms with van der Waals surface area (Å²) in [6.07, 6.45) is -0.334. The Morgan fingerprint density at radius 3 is 0.356 bits per heavy atom. The van der Waals surface area contributed by atoms with Crippen LogP contribution in [0.1, 0.15) is 187 Å². The average molecular weight is 1880 g/mol. The third-order valence-corrected chi connectivity index (χ3v) is 39.9. The lowest BCUT2D eigenvalue weighted by Gasteiger charge is -2.30. The topological polar surface area (TPSA) is 132 Å². The molecule has 0 atom stereocenters. The van der Waals surface area contributed by atoms with E-state index in [4.69, 9.17) is 23.7 Å². The third kappa shape index (κ3) is 21.4. The molecule has 0 saturated heterocycles. The van der Waals surface area contributed by atoms with E-state index in [1.54, 1.807) is 0 Å². The minimum absolute atomic E-state index is 0.178. The molecule has 15 aromatic carbocycles. The van der Waals surface area contributed by atoms with E-state index in [0.717, 1.165) is 83.5 Å². The van der Waals surface area contributed by atoms with Crippen molar-refractivity contribution in [3.05, 3.63) is 447 Å². The van der Waals surface area contributed by atoms with Crippen LogP contribution in [0.25, 0.3) is 0 Å². The number of ether oxygens (including phenoxy) is 5. The maximum absolute atomic E-state index is 17.1. The van der Waals surface area contributed by atoms with E-state index in [-0.39, 0.29) is 63.8 Å². The zero-order valence-electron chi connectivity index (χ0n) is 80.5. The second-order valence-electron chi connectivity index (χ2n) is 41.2. The molecule has 0 amide bonds. The van der Waals surface area contributed by atoms with Gasteiger partial charge in [0.05, 0.1) is 0 Å². The van der Waals surface area contributed by atoms with Crippen molar-refractivity contribution in [2.75, 3.05) is 31.7 Å². The van der Waals surface area contributed by atoms with Crippen molar-refractivity contribution in [2.45, 2.75) is 163 Å². The standard InChI is InChI=1S/C120H125O10P5/c1-116(2,3)96-71-86-66-88-73-97(117(4,5)6)75-90(112(88)127-82-132(122,103-50-30-18-31-51-103)104-52-32-19-33-53-104)68-92-77-99(119(10,11)12)79-94(114(92)129-84-134(124,107-58-38-22-39-59-107)108-60-40-23-41-61-108)70-95-80-100(120(13,14)15)78-93(115(95)130-85-135(125,109-62-42-24-43-63-109)110-64-44-25-45-65-110)69-91-76-98(118(7,8)9)74-89(113(91)128-83-133(123,105-54-34-20-35-55-105)106-56-36-21-37-57-106)67-87(72-96)111(86)126-81-131(121,101-46-26-16-27-47-101)102-48-28-17-29-49-102/h16-65,71-80H,66-70,81-85H2,1-15H3. The Balaban J connectivity index is 1.07. The number of rotatable bonds is 25. The van der Waals surface area contributed by atoms with E-state index in [1.807, 2.05) is 303 Å². The molecule has 1 aliphatic carbocycles. The van der Waals surface area contributed by atoms with Crippen LogP contribution in [0.3, 0.4) is 0 Å². The summed E-state index contributed by atoms with van der Waals surface area (Å²) in [5.41, 5.74) is 10.1. The molecule has 0 N–H and O–H groups in total. The molecule has 16 rings (SSSR count). The highest BCUT2D eigenvalue weighted by atomic mass is 31.2. The Labute approximate surface area is 800 Å². The fourth-order valence-corrected chi connectivity index (χ4v) is 29.2. The summed E-state index contributed by atoms with van der Waals surface area (Å²) in [6, 6.07) is 119. The summed E-state index contributed by atoms with van der Waals surface area (Å²) in [7, 11) is -18.6. The van der Waals surface area contributed by atoms with Gasteiger partial charge >= 0.3 is 0 Å². The highest BCUT2D eigenvalue weighted by Crippen LogP contribution is 2.54. The van der Waals surface area contributed by atoms with E-state index >= 15 is 22.8 Å². The molecule has 0 unspecified atom stereocenters. The molecule has 1 aliphatic rings. The van der Waals surface area contributed by atoms with Crippen LogP contribution in [0.4, 0.5) is 0 Å². The van der Waals surface area contributed by atoms with Crippen LogP contribution in [0.2, 0.25) is 0 Å². The number of hydrogen-bond acceptors (Lipinski definition) is 10. The summed E-state index contributed by atoms with van der Waals surface area (Å²) in [6.45, 7) is 33.4. The first kappa shape index (κ1) is 96.6. The smallest absolute Gasteiger partial charge is 0.178 e. The Kier molecular flexibility index (Phi) is 28.4. The van der Waals surface area contributed by atoms with E-state index in [2.05, 4.69) is 165 Å². The van der Waals surface area contributed by atoms with Crippen LogP contribution >= 0.6 is 35.7 Å². The van der Waals surface area contributed by atoms with Crippen LogP contribution in [-0.4, -0.2) is 31.7 Å². The van der Waals surface area contributed by atoms with Gasteiger partial charge in [-0.2, -0.15) is 0 Å². The molecule has 0 saturated carbocycles. The second-order valence-corrected chi connectivity index (χ2v) is 55.0. The molecule has 135 heavy (non-hydrogen) atoms. The highest BCUT2D eigenvalue weighted by Gasteiger charge is 2.39. The molecule has 15 aromatic rings. The van der Waals surface area contributed by atoms with Crippen molar-refractivity contribution < 1.29 is 46.5 Å². The van der Waals surface area contributed by atoms with E-state index in [9.17, 15) is 0 Å². The fraction of sp³-hybridized carbons (Fsp3) is 0.250. The molecule has 15 heteroatoms. The van der Waals surface area contributed by atoms with Crippen molar-refractivity contribution in [1.82, 2.24) is 0 Å². The molecule has 0 spiro atoms. The predicted molar refractivity (Wildman–Crippen MR) is 566 cm³/mol. The zero-order valence-corrected chi connectivity index (χ0v) is 85.0. The van der Waals surface area contributed by atoms with Gasteiger partial charge in [-0.25, -0.2) is 0 Å². The Bertz CT molecular complexity index is 5650. The Morgan fingerprint density at radius 2 is 0.267 bits per heavy atom. The SMILES string of the molecule is CC(C)(C)c1cc2c(OCP(=O)(c3ccccc3)c3ccccc3)c(c1)Cc1cc(C(C)(C)C)cc(c1OCP(=O)(c1ccccc1)c1ccccc1)Cc1cc(C(C)(C)C)cc(c1OCP(=O)(c1ccccc1)c1ccccc1)Cc1cc(C(C)(C)C)cc(c1OCP(=O)(c1ccccc1)c1ccccc1)Cc1cc(C(C)(C)C)cc(c1OCP(=O)(c1ccccc1)c1ccccc1)C2. The van der Waals surface area contributed by atoms with Crippen molar-refractivity contribution in [1.29, 1.82) is 0 Å². The third-order valence-electron chi connectivity index (χ3n) is 26.1. The maximum Gasteiger partial charge on any atom is 0.178 e. The molecule has 0 fully saturated rings. The average Bonchev–Trinajstić information content (AvgIpc) is 0.753. The lowest BCUT2D eigenvalue weighted by molar-refractivity contribution is 0.362. The number of benzene rings is 15. The van der Waals surface area contributed by atoms with Gasteiger partial charge in [-0.1, -0.05) is 468 Å². The molecule has 10 nitrogen and oxygen atoms in total. The Hall–Kier alpha value is -11.6. The van der Waals surface area contributed by atoms with E-state index in [1.165, 1.54) is 0 Å². The molecular weight excluding hydrogens is 1760 g/mol. The van der Waals surface area contributed by atoms with Gasteiger partial charge in [-0.3, -0.25) is 0 Å². The van der Waals surface area contributed by atoms with Crippen LogP contribution in [0, 0.1) is 0 Å². The van der Waals surface area contributed by atoms with Crippen molar-refractivity contribution in [3.8, 4) is 28.7 Å². The normalized spacial score (nSPS) is 13.1. The van der Waals surface area contributed by atoms with Gasteiger partial charge in [0.1, 0.15) is 60.5 Å². The van der Waals surface area contributed by atoms with Crippen molar-refractivity contribution >= 4 is 88.8 Å². The first-order chi connectivity index (χ1) is 64.4. The van der Waals surface area contributed by atoms with Gasteiger partial charge in [0.25, 0.3) is 0 Å². The van der Waals surface area contributed by atoms with Gasteiger partial charge in [0.15, 0.2) is 35.7 Å². The van der Waals surface area contributed by atoms with Crippen LogP contribution in [-0.2, 0) is 82.0 Å². The van der Waals surface area contributed by atoms with Gasteiger partial charge in [-0.05, 0) is 111 Å². The predicted octanol–water partition coefficient (Wildman–Crippen LogP) is 26.2. The van der Waals surface area contributed by atoms with Crippen molar-refractivity contribution in [2.24, 2.45) is 0 Å². The first-order valence-electron chi connectivity index (χ1n) is 46.9. The zero-order chi connectivity index (χ0) is 95.4. The summed E-state index contributed by atoms with van der Waals surface area (Å²) in [5, 5.41) is 6.32. The lowest BCUT2D eigenvalue weighted by atomic mass is 9.79. The number of hydrogen-bond donors (Lipinski definition) is 0. The summed E-state index contributed by atoms with van der Waals surface area (Å²) >= 11 is 0. The van der Waals surface area contributed by atoms with Crippen LogP contribution in [0.5, 0.6) is 28.7 Å². The Morgan fingerprint density at radius 1 is 0.170 bits per heavy atom. The molecule has 690 valence electrons. The molecule has 0 radical (unpaired) electrons. The quantitative estimate of drug-likeness (QED) is 0.0510. The monoisotopic (exact) mass is 1880 g/mol. The minimum Gasteiger partial charge on any atom is -0.485 e. The van der Waals surface area contributed by atoms with Crippen LogP contribution < -0.4 is 76.7 Å². The molecular formula is C120H125O10P5. The van der Waals surface area contributed by atoms with Gasteiger partial charge in [0.2, 0.25) is 0 Å². The summed E-state index contributed by atoms with van der Waals surface area (Å²) in [5.74, 6) is 2.52. The van der Waals surface area contributed by atoms with Gasteiger partial charge in [0, 0.05) is 85.1 Å². The largest absolute Gasteiger partial charge is 0.485 e. The highest BCUT2D eigenvalue weighted by molar-refractivity contribution is 7.80. The van der Waals surface area contributed by atoms with Crippen molar-refractivity contribution in [3.63, 3.8) is 0 Å². The second kappa shape index (κ2) is 39.6. The van der Waals surface area contributed by atoms with E-state index < -0.39 is 62.8 Å². The van der Waals surface area contributed by atoms with Gasteiger partial charge in [-0.15, -0.1) is 0 Å². The fourth-order valence-electron chi connectivity index (χ4n) is 18.2. The minimum atomic E-state index is -3.72. The van der Waals surface area contributed by atoms with Gasteiger partial charge < -0.3 is 46.5 Å². The number of fused-ring (bicyclic) bond motifs is 10. The molecule has 10 bridgehead atoms. The molecule has 0 aliphatic heterocycles.